The molecule has 1 aromatic rings. The Hall–Kier alpha value is -1.07. The molecule has 94 valence electrons. The van der Waals surface area contributed by atoms with Gasteiger partial charge < -0.3 is 15.8 Å². The first-order valence-electron chi connectivity index (χ1n) is 5.35. The number of hydrogen-bond donors (Lipinski definition) is 2. The van der Waals surface area contributed by atoms with E-state index < -0.39 is 0 Å². The molecule has 0 saturated heterocycles. The Bertz CT molecular complexity index is 407. The van der Waals surface area contributed by atoms with Gasteiger partial charge in [0, 0.05) is 10.5 Å². The molecule has 2 atom stereocenters. The van der Waals surface area contributed by atoms with Crippen LogP contribution in [-0.2, 0) is 4.79 Å². The number of carbonyl (C=O) groups excluding carboxylic acids is 1. The molecule has 0 fully saturated rings. The van der Waals surface area contributed by atoms with Crippen LogP contribution in [0.1, 0.15) is 13.8 Å². The smallest absolute Gasteiger partial charge is 0.228 e. The predicted octanol–water partition coefficient (Wildman–Crippen LogP) is 2.38. The maximum atomic E-state index is 11.9. The van der Waals surface area contributed by atoms with Gasteiger partial charge in [0.1, 0.15) is 5.75 Å². The Morgan fingerprint density at radius 1 is 1.47 bits per heavy atom. The number of halogens is 1. The highest BCUT2D eigenvalue weighted by Crippen LogP contribution is 2.28. The number of hydrogen-bond acceptors (Lipinski definition) is 3. The largest absolute Gasteiger partial charge is 0.495 e. The number of ether oxygens (including phenoxy) is 1. The highest BCUT2D eigenvalue weighted by atomic mass is 79.9. The summed E-state index contributed by atoms with van der Waals surface area (Å²) in [6, 6.07) is 5.25. The Morgan fingerprint density at radius 3 is 2.65 bits per heavy atom. The lowest BCUT2D eigenvalue weighted by atomic mass is 10.0. The number of methoxy groups -OCH3 is 1. The lowest BCUT2D eigenvalue weighted by molar-refractivity contribution is -0.119. The molecule has 0 aliphatic heterocycles. The number of amides is 1. The molecule has 0 aromatic heterocycles. The molecule has 0 saturated carbocycles. The number of carbonyl (C=O) groups is 1. The van der Waals surface area contributed by atoms with Crippen molar-refractivity contribution in [1.82, 2.24) is 0 Å². The van der Waals surface area contributed by atoms with Crippen molar-refractivity contribution in [2.45, 2.75) is 19.9 Å². The van der Waals surface area contributed by atoms with Crippen LogP contribution in [0.5, 0.6) is 5.75 Å². The first-order chi connectivity index (χ1) is 7.95. The van der Waals surface area contributed by atoms with E-state index >= 15 is 0 Å². The molecular weight excluding hydrogens is 284 g/mol. The molecule has 3 N–H and O–H groups in total. The van der Waals surface area contributed by atoms with E-state index in [-0.39, 0.29) is 17.9 Å². The molecular formula is C12H17BrN2O2. The Morgan fingerprint density at radius 2 is 2.12 bits per heavy atom. The number of nitrogens with one attached hydrogen (secondary N) is 1. The molecule has 0 radical (unpaired) electrons. The van der Waals surface area contributed by atoms with Crippen LogP contribution >= 0.6 is 15.9 Å². The summed E-state index contributed by atoms with van der Waals surface area (Å²) in [6.07, 6.45) is 0. The molecule has 0 heterocycles. The molecule has 1 aromatic carbocycles. The Balaban J connectivity index is 2.87. The average Bonchev–Trinajstić information content (AvgIpc) is 2.28. The van der Waals surface area contributed by atoms with Crippen LogP contribution in [-0.4, -0.2) is 19.1 Å². The van der Waals surface area contributed by atoms with E-state index in [0.717, 1.165) is 4.47 Å². The Kier molecular flexibility index (Phi) is 4.96. The van der Waals surface area contributed by atoms with Gasteiger partial charge in [0.05, 0.1) is 18.7 Å². The summed E-state index contributed by atoms with van der Waals surface area (Å²) in [6.45, 7) is 3.60. The molecule has 2 unspecified atom stereocenters. The third-order valence-electron chi connectivity index (χ3n) is 2.62. The maximum Gasteiger partial charge on any atom is 0.228 e. The first kappa shape index (κ1) is 14.0. The van der Waals surface area contributed by atoms with Crippen molar-refractivity contribution >= 4 is 27.5 Å². The van der Waals surface area contributed by atoms with Crippen molar-refractivity contribution in [2.24, 2.45) is 11.7 Å². The lowest BCUT2D eigenvalue weighted by Crippen LogP contribution is -2.34. The zero-order valence-corrected chi connectivity index (χ0v) is 11.7. The zero-order chi connectivity index (χ0) is 13.0. The summed E-state index contributed by atoms with van der Waals surface area (Å²) >= 11 is 3.35. The molecule has 17 heavy (non-hydrogen) atoms. The van der Waals surface area contributed by atoms with Crippen molar-refractivity contribution in [1.29, 1.82) is 0 Å². The van der Waals surface area contributed by atoms with Gasteiger partial charge in [-0.15, -0.1) is 0 Å². The van der Waals surface area contributed by atoms with E-state index in [2.05, 4.69) is 21.2 Å². The molecule has 0 bridgehead atoms. The maximum absolute atomic E-state index is 11.9. The van der Waals surface area contributed by atoms with E-state index in [0.29, 0.717) is 11.4 Å². The van der Waals surface area contributed by atoms with Gasteiger partial charge in [-0.2, -0.15) is 0 Å². The second-order valence-corrected chi connectivity index (χ2v) is 4.90. The van der Waals surface area contributed by atoms with Gasteiger partial charge >= 0.3 is 0 Å². The van der Waals surface area contributed by atoms with E-state index in [1.165, 1.54) is 0 Å². The molecule has 5 heteroatoms. The number of rotatable bonds is 4. The fraction of sp³-hybridized carbons (Fsp3) is 0.417. The molecule has 0 aliphatic rings. The molecule has 0 spiro atoms. The second kappa shape index (κ2) is 6.02. The lowest BCUT2D eigenvalue weighted by Gasteiger charge is -2.17. The van der Waals surface area contributed by atoms with Gasteiger partial charge in [-0.1, -0.05) is 22.9 Å². The average molecular weight is 301 g/mol. The van der Waals surface area contributed by atoms with E-state index in [1.54, 1.807) is 26.2 Å². The summed E-state index contributed by atoms with van der Waals surface area (Å²) in [7, 11) is 1.56. The van der Waals surface area contributed by atoms with Crippen LogP contribution in [0.4, 0.5) is 5.69 Å². The van der Waals surface area contributed by atoms with Gasteiger partial charge in [-0.3, -0.25) is 4.79 Å². The van der Waals surface area contributed by atoms with Gasteiger partial charge in [-0.05, 0) is 25.1 Å². The van der Waals surface area contributed by atoms with Crippen molar-refractivity contribution in [3.8, 4) is 5.75 Å². The third kappa shape index (κ3) is 3.71. The summed E-state index contributed by atoms with van der Waals surface area (Å²) in [5.41, 5.74) is 6.33. The monoisotopic (exact) mass is 300 g/mol. The SMILES string of the molecule is COc1ccc(Br)cc1NC(=O)C(C)C(C)N. The number of benzene rings is 1. The van der Waals surface area contributed by atoms with Crippen molar-refractivity contribution in [2.75, 3.05) is 12.4 Å². The Labute approximate surface area is 110 Å². The van der Waals surface area contributed by atoms with Gasteiger partial charge in [0.15, 0.2) is 0 Å². The van der Waals surface area contributed by atoms with Gasteiger partial charge in [0.25, 0.3) is 0 Å². The minimum atomic E-state index is -0.251. The minimum absolute atomic E-state index is 0.114. The van der Waals surface area contributed by atoms with Crippen LogP contribution in [0.15, 0.2) is 22.7 Å². The minimum Gasteiger partial charge on any atom is -0.495 e. The van der Waals surface area contributed by atoms with Crippen molar-refractivity contribution in [3.63, 3.8) is 0 Å². The van der Waals surface area contributed by atoms with Crippen LogP contribution in [0.3, 0.4) is 0 Å². The molecule has 1 amide bonds. The molecule has 4 nitrogen and oxygen atoms in total. The van der Waals surface area contributed by atoms with E-state index in [9.17, 15) is 4.79 Å². The van der Waals surface area contributed by atoms with Gasteiger partial charge in [0.2, 0.25) is 5.91 Å². The zero-order valence-electron chi connectivity index (χ0n) is 10.2. The quantitative estimate of drug-likeness (QED) is 0.897. The molecule has 1 rings (SSSR count). The van der Waals surface area contributed by atoms with Crippen molar-refractivity contribution < 1.29 is 9.53 Å². The van der Waals surface area contributed by atoms with Crippen LogP contribution in [0.2, 0.25) is 0 Å². The highest BCUT2D eigenvalue weighted by molar-refractivity contribution is 9.10. The van der Waals surface area contributed by atoms with Gasteiger partial charge in [-0.25, -0.2) is 0 Å². The van der Waals surface area contributed by atoms with E-state index in [4.69, 9.17) is 10.5 Å². The van der Waals surface area contributed by atoms with Crippen molar-refractivity contribution in [3.05, 3.63) is 22.7 Å². The van der Waals surface area contributed by atoms with Crippen LogP contribution in [0.25, 0.3) is 0 Å². The topological polar surface area (TPSA) is 64.3 Å². The first-order valence-corrected chi connectivity index (χ1v) is 6.15. The normalized spacial score (nSPS) is 13.9. The number of nitrogens with two attached hydrogens (primary N) is 1. The summed E-state index contributed by atoms with van der Waals surface area (Å²) in [5.74, 6) is 0.258. The fourth-order valence-corrected chi connectivity index (χ4v) is 1.62. The molecule has 0 aliphatic carbocycles. The summed E-state index contributed by atoms with van der Waals surface area (Å²) in [4.78, 5) is 11.9. The summed E-state index contributed by atoms with van der Waals surface area (Å²) in [5, 5.41) is 2.81. The standard InChI is InChI=1S/C12H17BrN2O2/c1-7(8(2)14)12(16)15-10-6-9(13)4-5-11(10)17-3/h4-8H,14H2,1-3H3,(H,15,16). The second-order valence-electron chi connectivity index (χ2n) is 3.98. The number of anilines is 1. The fourth-order valence-electron chi connectivity index (χ4n) is 1.26. The predicted molar refractivity (Wildman–Crippen MR) is 72.1 cm³/mol. The summed E-state index contributed by atoms with van der Waals surface area (Å²) < 4.78 is 6.05. The van der Waals surface area contributed by atoms with E-state index in [1.807, 2.05) is 13.0 Å². The third-order valence-corrected chi connectivity index (χ3v) is 3.11. The van der Waals surface area contributed by atoms with Crippen LogP contribution < -0.4 is 15.8 Å². The van der Waals surface area contributed by atoms with Crippen LogP contribution in [0, 0.1) is 5.92 Å². The highest BCUT2D eigenvalue weighted by Gasteiger charge is 2.18.